The first-order valence-corrected chi connectivity index (χ1v) is 7.01. The normalized spacial score (nSPS) is 11.1. The molecule has 0 rings (SSSR count). The molecule has 0 nitrogen and oxygen atoms in total. The van der Waals surface area contributed by atoms with Crippen molar-refractivity contribution in [2.45, 2.75) is 78.4 Å². The van der Waals surface area contributed by atoms with Gasteiger partial charge in [-0.3, -0.25) is 0 Å². The van der Waals surface area contributed by atoms with Gasteiger partial charge in [0.15, 0.2) is 6.71 Å². The molecule has 0 saturated carbocycles. The highest BCUT2D eigenvalue weighted by atomic mass is 13.9. The quantitative estimate of drug-likeness (QED) is 0.334. The first kappa shape index (κ1) is 14.8. The minimum Gasteiger partial charge on any atom is -0.119 e. The number of rotatable bonds is 10. The molecule has 0 heterocycles. The van der Waals surface area contributed by atoms with E-state index < -0.39 is 0 Å². The van der Waals surface area contributed by atoms with Crippen LogP contribution in [0.5, 0.6) is 0 Å². The van der Waals surface area contributed by atoms with Crippen molar-refractivity contribution in [1.82, 2.24) is 0 Å². The summed E-state index contributed by atoms with van der Waals surface area (Å²) in [5, 5.41) is 0. The molecule has 88 valence electrons. The van der Waals surface area contributed by atoms with Crippen molar-refractivity contribution in [2.75, 3.05) is 0 Å². The lowest BCUT2D eigenvalue weighted by atomic mass is 9.43. The second kappa shape index (κ2) is 11.9. The maximum atomic E-state index is 2.46. The molecule has 0 atom stereocenters. The van der Waals surface area contributed by atoms with Crippen LogP contribution in [-0.4, -0.2) is 6.71 Å². The van der Waals surface area contributed by atoms with Gasteiger partial charge in [-0.2, -0.15) is 0 Å². The van der Waals surface area contributed by atoms with Gasteiger partial charge in [-0.1, -0.05) is 78.0 Å². The van der Waals surface area contributed by atoms with E-state index in [0.29, 0.717) is 0 Å². The molecule has 0 aromatic carbocycles. The van der Waals surface area contributed by atoms with Gasteiger partial charge < -0.3 is 0 Å². The number of unbranched alkanes of at least 4 members (excludes halogenated alkanes) is 4. The van der Waals surface area contributed by atoms with Crippen LogP contribution in [0.3, 0.4) is 0 Å². The topological polar surface area (TPSA) is 0 Å². The highest BCUT2D eigenvalue weighted by Gasteiger charge is 2.08. The van der Waals surface area contributed by atoms with E-state index in [0.717, 1.165) is 6.71 Å². The highest BCUT2D eigenvalue weighted by molar-refractivity contribution is 6.64. The lowest BCUT2D eigenvalue weighted by Gasteiger charge is -2.08. The Kier molecular flexibility index (Phi) is 11.7. The summed E-state index contributed by atoms with van der Waals surface area (Å²) in [4.78, 5) is 0. The molecule has 0 aliphatic rings. The predicted molar refractivity (Wildman–Crippen MR) is 73.8 cm³/mol. The maximum Gasteiger partial charge on any atom is 0.166 e. The Bertz CT molecular complexity index is 130. The molecule has 0 bridgehead atoms. The Hall–Kier alpha value is -0.195. The fraction of sp³-hybridized carbons (Fsp3) is 0.857. The summed E-state index contributed by atoms with van der Waals surface area (Å²) in [7, 11) is 0. The smallest absolute Gasteiger partial charge is 0.119 e. The van der Waals surface area contributed by atoms with E-state index in [9.17, 15) is 0 Å². The maximum absolute atomic E-state index is 2.46. The molecule has 0 aromatic heterocycles. The summed E-state index contributed by atoms with van der Waals surface area (Å²) in [5.41, 5.74) is 0. The van der Waals surface area contributed by atoms with Crippen LogP contribution in [0.15, 0.2) is 12.1 Å². The molecule has 0 fully saturated rings. The Labute approximate surface area is 97.6 Å². The van der Waals surface area contributed by atoms with Gasteiger partial charge in [0.05, 0.1) is 0 Å². The Morgan fingerprint density at radius 3 is 1.73 bits per heavy atom. The molecular weight excluding hydrogens is 179 g/mol. The summed E-state index contributed by atoms with van der Waals surface area (Å²) >= 11 is 0. The van der Waals surface area contributed by atoms with Crippen molar-refractivity contribution in [3.63, 3.8) is 0 Å². The zero-order chi connectivity index (χ0) is 11.4. The van der Waals surface area contributed by atoms with Gasteiger partial charge in [-0.25, -0.2) is 0 Å². The monoisotopic (exact) mass is 208 g/mol. The van der Waals surface area contributed by atoms with Crippen LogP contribution in [0.1, 0.15) is 65.7 Å². The first-order chi connectivity index (χ1) is 7.35. The molecule has 0 saturated heterocycles. The minimum atomic E-state index is 0.864. The molecule has 0 N–H and O–H groups in total. The van der Waals surface area contributed by atoms with E-state index in [1.54, 1.807) is 0 Å². The van der Waals surface area contributed by atoms with E-state index in [2.05, 4.69) is 32.8 Å². The largest absolute Gasteiger partial charge is 0.166 e. The Balaban J connectivity index is 3.68. The van der Waals surface area contributed by atoms with Crippen LogP contribution < -0.4 is 0 Å². The number of allylic oxidation sites excluding steroid dienone is 1. The summed E-state index contributed by atoms with van der Waals surface area (Å²) in [6.07, 6.45) is 14.7. The van der Waals surface area contributed by atoms with Crippen molar-refractivity contribution < 1.29 is 0 Å². The molecule has 0 amide bonds. The summed E-state index contributed by atoms with van der Waals surface area (Å²) in [5.74, 6) is 2.46. The van der Waals surface area contributed by atoms with Crippen LogP contribution in [0.25, 0.3) is 0 Å². The van der Waals surface area contributed by atoms with Crippen LogP contribution in [-0.2, 0) is 0 Å². The average molecular weight is 208 g/mol. The third kappa shape index (κ3) is 10.1. The lowest BCUT2D eigenvalue weighted by Crippen LogP contribution is -2.08. The van der Waals surface area contributed by atoms with E-state index >= 15 is 0 Å². The minimum absolute atomic E-state index is 0.864. The Morgan fingerprint density at radius 2 is 1.33 bits per heavy atom. The molecule has 0 aliphatic carbocycles. The zero-order valence-corrected chi connectivity index (χ0v) is 11.1. The molecule has 15 heavy (non-hydrogen) atoms. The van der Waals surface area contributed by atoms with E-state index in [-0.39, 0.29) is 0 Å². The molecule has 0 aromatic rings. The third-order valence-electron chi connectivity index (χ3n) is 3.00. The van der Waals surface area contributed by atoms with Crippen molar-refractivity contribution in [2.24, 2.45) is 0 Å². The predicted octanol–water partition coefficient (Wildman–Crippen LogP) is 5.37. The molecule has 0 aliphatic heterocycles. The first-order valence-electron chi connectivity index (χ1n) is 7.01. The van der Waals surface area contributed by atoms with Crippen LogP contribution in [0.4, 0.5) is 0 Å². The average Bonchev–Trinajstić information content (AvgIpc) is 2.25. The standard InChI is InChI=1S/C14H29B/c1-4-7-10-13-15(12-9-6-3)14-11-8-5-2/h9,12H,4-8,10-11,13-14H2,1-3H3. The fourth-order valence-electron chi connectivity index (χ4n) is 1.98. The van der Waals surface area contributed by atoms with Crippen molar-refractivity contribution in [1.29, 1.82) is 0 Å². The highest BCUT2D eigenvalue weighted by Crippen LogP contribution is 2.13. The van der Waals surface area contributed by atoms with Gasteiger partial charge in [0.25, 0.3) is 0 Å². The van der Waals surface area contributed by atoms with Crippen LogP contribution in [0, 0.1) is 0 Å². The number of hydrogen-bond donors (Lipinski definition) is 0. The lowest BCUT2D eigenvalue weighted by molar-refractivity contribution is 0.748. The summed E-state index contributed by atoms with van der Waals surface area (Å²) < 4.78 is 0. The molecule has 1 heteroatoms. The van der Waals surface area contributed by atoms with E-state index in [1.165, 1.54) is 57.6 Å². The van der Waals surface area contributed by atoms with Crippen molar-refractivity contribution in [3.05, 3.63) is 12.1 Å². The second-order valence-electron chi connectivity index (χ2n) is 4.59. The van der Waals surface area contributed by atoms with Crippen molar-refractivity contribution in [3.8, 4) is 0 Å². The van der Waals surface area contributed by atoms with Crippen molar-refractivity contribution >= 4 is 6.71 Å². The SMILES string of the molecule is CCC=CB(CCCCC)CCCCC. The Morgan fingerprint density at radius 1 is 0.800 bits per heavy atom. The van der Waals surface area contributed by atoms with Crippen LogP contribution >= 0.6 is 0 Å². The van der Waals surface area contributed by atoms with Gasteiger partial charge in [-0.15, -0.1) is 5.98 Å². The fourth-order valence-corrected chi connectivity index (χ4v) is 1.98. The second-order valence-corrected chi connectivity index (χ2v) is 4.59. The molecule has 0 spiro atoms. The van der Waals surface area contributed by atoms with Gasteiger partial charge >= 0.3 is 0 Å². The number of hydrogen-bond acceptors (Lipinski definition) is 0. The molecule has 0 unspecified atom stereocenters. The van der Waals surface area contributed by atoms with E-state index in [1.807, 2.05) is 0 Å². The van der Waals surface area contributed by atoms with Gasteiger partial charge in [0.2, 0.25) is 0 Å². The third-order valence-corrected chi connectivity index (χ3v) is 3.00. The van der Waals surface area contributed by atoms with Gasteiger partial charge in [-0.05, 0) is 6.42 Å². The van der Waals surface area contributed by atoms with E-state index in [4.69, 9.17) is 0 Å². The van der Waals surface area contributed by atoms with Gasteiger partial charge in [0.1, 0.15) is 0 Å². The summed E-state index contributed by atoms with van der Waals surface area (Å²) in [6, 6.07) is 0. The molecular formula is C14H29B. The summed E-state index contributed by atoms with van der Waals surface area (Å²) in [6.45, 7) is 7.66. The molecule has 0 radical (unpaired) electrons. The van der Waals surface area contributed by atoms with Crippen LogP contribution in [0.2, 0.25) is 12.6 Å². The van der Waals surface area contributed by atoms with Gasteiger partial charge in [0, 0.05) is 0 Å². The zero-order valence-electron chi connectivity index (χ0n) is 11.1.